The standard InChI is InChI=1S/C19H26O2/c1-11-7-13(11)16(20)12-8-14(18(2,3)4)17-15(9-12)19(5,6)10-21-17/h8-9,11,13H,7,10H2,1-6H3. The first-order valence-corrected chi connectivity index (χ1v) is 7.97. The second-order valence-electron chi connectivity index (χ2n) is 8.51. The van der Waals surface area contributed by atoms with Crippen LogP contribution in [0.25, 0.3) is 0 Å². The Labute approximate surface area is 127 Å². The van der Waals surface area contributed by atoms with Gasteiger partial charge in [0.2, 0.25) is 0 Å². The number of carbonyl (C=O) groups excluding carboxylic acids is 1. The third-order valence-corrected chi connectivity index (χ3v) is 4.93. The van der Waals surface area contributed by atoms with Crippen molar-refractivity contribution in [3.63, 3.8) is 0 Å². The van der Waals surface area contributed by atoms with Crippen LogP contribution in [0.3, 0.4) is 0 Å². The third-order valence-electron chi connectivity index (χ3n) is 4.93. The van der Waals surface area contributed by atoms with E-state index in [0.29, 0.717) is 18.3 Å². The number of rotatable bonds is 2. The number of ether oxygens (including phenoxy) is 1. The molecule has 1 heterocycles. The summed E-state index contributed by atoms with van der Waals surface area (Å²) < 4.78 is 5.99. The maximum atomic E-state index is 12.7. The molecule has 3 rings (SSSR count). The van der Waals surface area contributed by atoms with E-state index in [1.165, 1.54) is 11.1 Å². The molecule has 0 N–H and O–H groups in total. The fraction of sp³-hybridized carbons (Fsp3) is 0.632. The highest BCUT2D eigenvalue weighted by molar-refractivity contribution is 6.00. The Balaban J connectivity index is 2.13. The number of hydrogen-bond acceptors (Lipinski definition) is 2. The first-order valence-electron chi connectivity index (χ1n) is 7.97. The second kappa shape index (κ2) is 4.34. The number of hydrogen-bond donors (Lipinski definition) is 0. The van der Waals surface area contributed by atoms with E-state index < -0.39 is 0 Å². The van der Waals surface area contributed by atoms with Crippen LogP contribution in [-0.4, -0.2) is 12.4 Å². The first kappa shape index (κ1) is 14.6. The Morgan fingerprint density at radius 2 is 1.90 bits per heavy atom. The highest BCUT2D eigenvalue weighted by Crippen LogP contribution is 2.47. The smallest absolute Gasteiger partial charge is 0.166 e. The van der Waals surface area contributed by atoms with E-state index in [4.69, 9.17) is 4.74 Å². The molecule has 2 heteroatoms. The maximum absolute atomic E-state index is 12.7. The number of benzene rings is 1. The van der Waals surface area contributed by atoms with Crippen molar-refractivity contribution in [3.05, 3.63) is 28.8 Å². The molecule has 0 aromatic heterocycles. The number of fused-ring (bicyclic) bond motifs is 1. The van der Waals surface area contributed by atoms with Crippen LogP contribution in [0.4, 0.5) is 0 Å². The largest absolute Gasteiger partial charge is 0.492 e. The molecule has 1 fully saturated rings. The Bertz CT molecular complexity index is 605. The van der Waals surface area contributed by atoms with Crippen molar-refractivity contribution in [2.75, 3.05) is 6.61 Å². The van der Waals surface area contributed by atoms with E-state index in [2.05, 4.69) is 53.7 Å². The monoisotopic (exact) mass is 286 g/mol. The molecule has 0 amide bonds. The van der Waals surface area contributed by atoms with Gasteiger partial charge in [-0.05, 0) is 29.9 Å². The van der Waals surface area contributed by atoms with Crippen LogP contribution in [0, 0.1) is 11.8 Å². The molecule has 0 bridgehead atoms. The lowest BCUT2D eigenvalue weighted by Crippen LogP contribution is -2.19. The lowest BCUT2D eigenvalue weighted by atomic mass is 9.79. The molecule has 1 aromatic rings. The predicted molar refractivity (Wildman–Crippen MR) is 85.3 cm³/mol. The minimum Gasteiger partial charge on any atom is -0.492 e. The molecule has 2 unspecified atom stereocenters. The van der Waals surface area contributed by atoms with Crippen molar-refractivity contribution in [1.82, 2.24) is 0 Å². The summed E-state index contributed by atoms with van der Waals surface area (Å²) in [6.45, 7) is 13.8. The minimum absolute atomic E-state index is 0.0131. The fourth-order valence-electron chi connectivity index (χ4n) is 3.22. The first-order chi connectivity index (χ1) is 9.61. The van der Waals surface area contributed by atoms with Crippen LogP contribution < -0.4 is 4.74 Å². The average Bonchev–Trinajstić information content (AvgIpc) is 3.02. The van der Waals surface area contributed by atoms with Crippen molar-refractivity contribution in [3.8, 4) is 5.75 Å². The zero-order valence-corrected chi connectivity index (χ0v) is 14.0. The molecular weight excluding hydrogens is 260 g/mol. The van der Waals surface area contributed by atoms with Crippen molar-refractivity contribution in [2.45, 2.75) is 58.8 Å². The summed E-state index contributed by atoms with van der Waals surface area (Å²) in [5.74, 6) is 2.11. The lowest BCUT2D eigenvalue weighted by Gasteiger charge is -2.24. The molecule has 0 radical (unpaired) electrons. The van der Waals surface area contributed by atoms with E-state index in [-0.39, 0.29) is 16.7 Å². The third kappa shape index (κ3) is 2.39. The number of carbonyl (C=O) groups is 1. The van der Waals surface area contributed by atoms with Crippen molar-refractivity contribution in [2.24, 2.45) is 11.8 Å². The molecule has 2 nitrogen and oxygen atoms in total. The summed E-state index contributed by atoms with van der Waals surface area (Å²) in [6, 6.07) is 4.17. The summed E-state index contributed by atoms with van der Waals surface area (Å²) in [5.41, 5.74) is 3.22. The van der Waals surface area contributed by atoms with Gasteiger partial charge in [-0.2, -0.15) is 0 Å². The van der Waals surface area contributed by atoms with E-state index in [0.717, 1.165) is 17.7 Å². The molecule has 114 valence electrons. The Morgan fingerprint density at radius 1 is 1.29 bits per heavy atom. The summed E-state index contributed by atoms with van der Waals surface area (Å²) in [7, 11) is 0. The zero-order chi connectivity index (χ0) is 15.6. The van der Waals surface area contributed by atoms with Gasteiger partial charge in [-0.25, -0.2) is 0 Å². The molecule has 1 aliphatic heterocycles. The van der Waals surface area contributed by atoms with Crippen LogP contribution in [-0.2, 0) is 10.8 Å². The van der Waals surface area contributed by atoms with E-state index >= 15 is 0 Å². The second-order valence-corrected chi connectivity index (χ2v) is 8.51. The maximum Gasteiger partial charge on any atom is 0.166 e. The zero-order valence-electron chi connectivity index (χ0n) is 14.0. The molecule has 21 heavy (non-hydrogen) atoms. The van der Waals surface area contributed by atoms with Crippen LogP contribution in [0.1, 0.15) is 69.4 Å². The quantitative estimate of drug-likeness (QED) is 0.749. The Hall–Kier alpha value is -1.31. The highest BCUT2D eigenvalue weighted by atomic mass is 16.5. The van der Waals surface area contributed by atoms with Crippen molar-refractivity contribution >= 4 is 5.78 Å². The van der Waals surface area contributed by atoms with Gasteiger partial charge in [0.1, 0.15) is 5.75 Å². The lowest BCUT2D eigenvalue weighted by molar-refractivity contribution is 0.0962. The summed E-state index contributed by atoms with van der Waals surface area (Å²) >= 11 is 0. The van der Waals surface area contributed by atoms with Gasteiger partial charge in [-0.15, -0.1) is 0 Å². The molecule has 0 spiro atoms. The van der Waals surface area contributed by atoms with E-state index in [1.807, 2.05) is 0 Å². The van der Waals surface area contributed by atoms with Crippen molar-refractivity contribution < 1.29 is 9.53 Å². The summed E-state index contributed by atoms with van der Waals surface area (Å²) in [6.07, 6.45) is 1.04. The Kier molecular flexibility index (Phi) is 3.02. The molecule has 0 saturated heterocycles. The van der Waals surface area contributed by atoms with Gasteiger partial charge in [0.15, 0.2) is 5.78 Å². The van der Waals surface area contributed by atoms with Crippen LogP contribution in [0.15, 0.2) is 12.1 Å². The number of ketones is 1. The predicted octanol–water partition coefficient (Wildman–Crippen LogP) is 4.49. The van der Waals surface area contributed by atoms with Gasteiger partial charge in [0.25, 0.3) is 0 Å². The molecule has 1 aromatic carbocycles. The van der Waals surface area contributed by atoms with Gasteiger partial charge >= 0.3 is 0 Å². The summed E-state index contributed by atoms with van der Waals surface area (Å²) in [4.78, 5) is 12.7. The minimum atomic E-state index is -0.0179. The van der Waals surface area contributed by atoms with E-state index in [1.54, 1.807) is 0 Å². The molecule has 1 saturated carbocycles. The van der Waals surface area contributed by atoms with Crippen molar-refractivity contribution in [1.29, 1.82) is 0 Å². The summed E-state index contributed by atoms with van der Waals surface area (Å²) in [5, 5.41) is 0. The number of Topliss-reactive ketones (excluding diaryl/α,β-unsaturated/α-hetero) is 1. The average molecular weight is 286 g/mol. The SMILES string of the molecule is CC1CC1C(=O)c1cc(C(C)(C)C)c2c(c1)C(C)(C)CO2. The molecular formula is C19H26O2. The van der Waals surface area contributed by atoms with Gasteiger partial charge < -0.3 is 4.74 Å². The van der Waals surface area contributed by atoms with Gasteiger partial charge in [0.05, 0.1) is 6.61 Å². The molecule has 2 aliphatic rings. The topological polar surface area (TPSA) is 26.3 Å². The van der Waals surface area contributed by atoms with E-state index in [9.17, 15) is 4.79 Å². The normalized spacial score (nSPS) is 26.2. The fourth-order valence-corrected chi connectivity index (χ4v) is 3.22. The molecule has 1 aliphatic carbocycles. The van der Waals surface area contributed by atoms with Gasteiger partial charge in [-0.3, -0.25) is 4.79 Å². The van der Waals surface area contributed by atoms with Gasteiger partial charge in [-0.1, -0.05) is 41.5 Å². The Morgan fingerprint density at radius 3 is 2.43 bits per heavy atom. The van der Waals surface area contributed by atoms with Crippen LogP contribution >= 0.6 is 0 Å². The highest BCUT2D eigenvalue weighted by Gasteiger charge is 2.42. The molecule has 2 atom stereocenters. The van der Waals surface area contributed by atoms with Crippen LogP contribution in [0.5, 0.6) is 5.75 Å². The van der Waals surface area contributed by atoms with Gasteiger partial charge in [0, 0.05) is 28.0 Å². The van der Waals surface area contributed by atoms with Crippen LogP contribution in [0.2, 0.25) is 0 Å².